The highest BCUT2D eigenvalue weighted by atomic mass is 16.2. The van der Waals surface area contributed by atoms with Crippen molar-refractivity contribution in [3.8, 4) is 0 Å². The van der Waals surface area contributed by atoms with Crippen LogP contribution in [0.3, 0.4) is 0 Å². The zero-order valence-electron chi connectivity index (χ0n) is 14.0. The maximum Gasteiger partial charge on any atom is 0.225 e. The van der Waals surface area contributed by atoms with Gasteiger partial charge in [0, 0.05) is 50.6 Å². The van der Waals surface area contributed by atoms with E-state index in [1.807, 2.05) is 24.4 Å². The van der Waals surface area contributed by atoms with E-state index >= 15 is 0 Å². The van der Waals surface area contributed by atoms with Crippen LogP contribution in [0.4, 0.5) is 0 Å². The predicted octanol–water partition coefficient (Wildman–Crippen LogP) is 0.758. The SMILES string of the molecule is O=C(N[C@H]1CCc2nccn2C1)[C@@H]1CC(=O)N(Cc2ccccn2)C1. The molecule has 0 radical (unpaired) electrons. The van der Waals surface area contributed by atoms with E-state index in [1.165, 1.54) is 0 Å². The lowest BCUT2D eigenvalue weighted by atomic mass is 10.0. The quantitative estimate of drug-likeness (QED) is 0.892. The highest BCUT2D eigenvalue weighted by molar-refractivity contribution is 5.89. The van der Waals surface area contributed by atoms with Crippen molar-refractivity contribution >= 4 is 11.8 Å². The van der Waals surface area contributed by atoms with Gasteiger partial charge >= 0.3 is 0 Å². The van der Waals surface area contributed by atoms with Gasteiger partial charge in [0.1, 0.15) is 5.82 Å². The van der Waals surface area contributed by atoms with E-state index < -0.39 is 0 Å². The molecule has 2 atom stereocenters. The number of hydrogen-bond donors (Lipinski definition) is 1. The van der Waals surface area contributed by atoms with Crippen LogP contribution in [0.1, 0.15) is 24.4 Å². The number of pyridine rings is 1. The summed E-state index contributed by atoms with van der Waals surface area (Å²) in [7, 11) is 0. The average Bonchev–Trinajstić information content (AvgIpc) is 3.22. The molecule has 4 heterocycles. The van der Waals surface area contributed by atoms with Crippen molar-refractivity contribution in [2.24, 2.45) is 5.92 Å². The molecule has 7 heteroatoms. The number of carbonyl (C=O) groups excluding carboxylic acids is 2. The molecule has 0 spiro atoms. The maximum absolute atomic E-state index is 12.6. The Labute approximate surface area is 146 Å². The van der Waals surface area contributed by atoms with Gasteiger partial charge in [0.2, 0.25) is 11.8 Å². The van der Waals surface area contributed by atoms with Gasteiger partial charge < -0.3 is 14.8 Å². The summed E-state index contributed by atoms with van der Waals surface area (Å²) in [6, 6.07) is 5.75. The Kier molecular flexibility index (Phi) is 4.21. The highest BCUT2D eigenvalue weighted by Crippen LogP contribution is 2.21. The lowest BCUT2D eigenvalue weighted by Gasteiger charge is -2.26. The number of amides is 2. The van der Waals surface area contributed by atoms with E-state index in [4.69, 9.17) is 0 Å². The van der Waals surface area contributed by atoms with E-state index in [9.17, 15) is 9.59 Å². The van der Waals surface area contributed by atoms with E-state index in [2.05, 4.69) is 19.9 Å². The predicted molar refractivity (Wildman–Crippen MR) is 90.2 cm³/mol. The Hall–Kier alpha value is -2.70. The minimum absolute atomic E-state index is 0.0198. The van der Waals surface area contributed by atoms with Crippen LogP contribution in [0.15, 0.2) is 36.8 Å². The van der Waals surface area contributed by atoms with Gasteiger partial charge in [-0.25, -0.2) is 4.98 Å². The van der Waals surface area contributed by atoms with Crippen molar-refractivity contribution in [1.82, 2.24) is 24.8 Å². The Bertz CT molecular complexity index is 773. The fraction of sp³-hybridized carbons (Fsp3) is 0.444. The number of fused-ring (bicyclic) bond motifs is 1. The second-order valence-electron chi connectivity index (χ2n) is 6.74. The largest absolute Gasteiger partial charge is 0.351 e. The molecule has 2 aromatic heterocycles. The number of aromatic nitrogens is 3. The average molecular weight is 339 g/mol. The van der Waals surface area contributed by atoms with Crippen LogP contribution in [0.2, 0.25) is 0 Å². The molecule has 7 nitrogen and oxygen atoms in total. The molecule has 2 amide bonds. The minimum atomic E-state index is -0.277. The first-order valence-corrected chi connectivity index (χ1v) is 8.67. The van der Waals surface area contributed by atoms with Crippen LogP contribution in [-0.2, 0) is 29.1 Å². The summed E-state index contributed by atoms with van der Waals surface area (Å²) in [6.45, 7) is 1.68. The third-order valence-electron chi connectivity index (χ3n) is 4.95. The van der Waals surface area contributed by atoms with Gasteiger partial charge in [0.05, 0.1) is 18.2 Å². The Morgan fingerprint density at radius 3 is 3.00 bits per heavy atom. The molecule has 0 unspecified atom stereocenters. The highest BCUT2D eigenvalue weighted by Gasteiger charge is 2.35. The van der Waals surface area contributed by atoms with Gasteiger partial charge in [-0.2, -0.15) is 0 Å². The molecule has 1 fully saturated rings. The third kappa shape index (κ3) is 3.40. The fourth-order valence-electron chi connectivity index (χ4n) is 3.59. The Morgan fingerprint density at radius 1 is 1.24 bits per heavy atom. The van der Waals surface area contributed by atoms with E-state index in [-0.39, 0.29) is 30.2 Å². The topological polar surface area (TPSA) is 80.1 Å². The summed E-state index contributed by atoms with van der Waals surface area (Å²) < 4.78 is 2.08. The van der Waals surface area contributed by atoms with Gasteiger partial charge in [-0.15, -0.1) is 0 Å². The fourth-order valence-corrected chi connectivity index (χ4v) is 3.59. The summed E-state index contributed by atoms with van der Waals surface area (Å²) >= 11 is 0. The molecule has 0 aromatic carbocycles. The van der Waals surface area contributed by atoms with Crippen LogP contribution in [0.5, 0.6) is 0 Å². The van der Waals surface area contributed by atoms with Crippen molar-refractivity contribution < 1.29 is 9.59 Å². The van der Waals surface area contributed by atoms with Crippen molar-refractivity contribution in [3.63, 3.8) is 0 Å². The van der Waals surface area contributed by atoms with Crippen molar-refractivity contribution in [1.29, 1.82) is 0 Å². The lowest BCUT2D eigenvalue weighted by molar-refractivity contribution is -0.129. The lowest BCUT2D eigenvalue weighted by Crippen LogP contribution is -2.44. The Balaban J connectivity index is 1.33. The van der Waals surface area contributed by atoms with Crippen LogP contribution in [-0.4, -0.2) is 43.8 Å². The summed E-state index contributed by atoms with van der Waals surface area (Å²) in [4.78, 5) is 35.1. The molecule has 0 saturated carbocycles. The molecular weight excluding hydrogens is 318 g/mol. The molecule has 4 rings (SSSR count). The molecule has 1 saturated heterocycles. The smallest absolute Gasteiger partial charge is 0.225 e. The summed E-state index contributed by atoms with van der Waals surface area (Å²) in [5.74, 6) is 0.792. The minimum Gasteiger partial charge on any atom is -0.351 e. The van der Waals surface area contributed by atoms with Crippen molar-refractivity contribution in [3.05, 3.63) is 48.3 Å². The maximum atomic E-state index is 12.6. The van der Waals surface area contributed by atoms with Gasteiger partial charge in [0.15, 0.2) is 0 Å². The first kappa shape index (κ1) is 15.8. The van der Waals surface area contributed by atoms with E-state index in [1.54, 1.807) is 17.3 Å². The van der Waals surface area contributed by atoms with Gasteiger partial charge in [-0.3, -0.25) is 14.6 Å². The molecular formula is C18H21N5O2. The first-order chi connectivity index (χ1) is 12.2. The molecule has 1 N–H and O–H groups in total. The first-order valence-electron chi connectivity index (χ1n) is 8.67. The van der Waals surface area contributed by atoms with Gasteiger partial charge in [0.25, 0.3) is 0 Å². The number of aryl methyl sites for hydroxylation is 1. The molecule has 2 aromatic rings. The third-order valence-corrected chi connectivity index (χ3v) is 4.95. The molecule has 130 valence electrons. The Morgan fingerprint density at radius 2 is 2.16 bits per heavy atom. The van der Waals surface area contributed by atoms with E-state index in [0.717, 1.165) is 30.9 Å². The zero-order valence-corrected chi connectivity index (χ0v) is 14.0. The molecule has 0 aliphatic carbocycles. The zero-order chi connectivity index (χ0) is 17.2. The van der Waals surface area contributed by atoms with Crippen molar-refractivity contribution in [2.45, 2.75) is 38.4 Å². The molecule has 2 aliphatic rings. The second kappa shape index (κ2) is 6.66. The van der Waals surface area contributed by atoms with Crippen molar-refractivity contribution in [2.75, 3.05) is 6.54 Å². The van der Waals surface area contributed by atoms with Crippen LogP contribution in [0.25, 0.3) is 0 Å². The van der Waals surface area contributed by atoms with Gasteiger partial charge in [-0.1, -0.05) is 6.07 Å². The monoisotopic (exact) mass is 339 g/mol. The summed E-state index contributed by atoms with van der Waals surface area (Å²) in [5, 5.41) is 3.11. The number of likely N-dealkylation sites (tertiary alicyclic amines) is 1. The van der Waals surface area contributed by atoms with Crippen LogP contribution < -0.4 is 5.32 Å². The number of imidazole rings is 1. The van der Waals surface area contributed by atoms with Crippen LogP contribution in [0, 0.1) is 5.92 Å². The second-order valence-corrected chi connectivity index (χ2v) is 6.74. The number of carbonyl (C=O) groups is 2. The number of nitrogens with zero attached hydrogens (tertiary/aromatic N) is 4. The van der Waals surface area contributed by atoms with Gasteiger partial charge in [-0.05, 0) is 18.6 Å². The normalized spacial score (nSPS) is 22.7. The van der Waals surface area contributed by atoms with Crippen LogP contribution >= 0.6 is 0 Å². The summed E-state index contributed by atoms with van der Waals surface area (Å²) in [5.41, 5.74) is 0.844. The number of nitrogens with one attached hydrogen (secondary N) is 1. The summed E-state index contributed by atoms with van der Waals surface area (Å²) in [6.07, 6.45) is 7.50. The molecule has 2 aliphatic heterocycles. The van der Waals surface area contributed by atoms with E-state index in [0.29, 0.717) is 13.1 Å². The number of hydrogen-bond acceptors (Lipinski definition) is 4. The molecule has 0 bridgehead atoms. The molecule has 25 heavy (non-hydrogen) atoms. The number of rotatable bonds is 4. The standard InChI is InChI=1S/C18H21N5O2/c24-17-9-13(10-23(17)11-14-3-1-2-6-19-14)18(25)21-15-4-5-16-20-7-8-22(16)12-15/h1-3,6-8,13,15H,4-5,9-12H2,(H,21,25)/t13-,15+/m1/s1.